The van der Waals surface area contributed by atoms with Gasteiger partial charge in [-0.15, -0.1) is 0 Å². The van der Waals surface area contributed by atoms with Gasteiger partial charge in [-0.2, -0.15) is 18.3 Å². The number of hydrogen-bond donors (Lipinski definition) is 1. The first kappa shape index (κ1) is 19.6. The van der Waals surface area contributed by atoms with Crippen molar-refractivity contribution in [2.45, 2.75) is 37.3 Å². The lowest BCUT2D eigenvalue weighted by Crippen LogP contribution is -2.19. The highest BCUT2D eigenvalue weighted by Crippen LogP contribution is 2.47. The molecule has 146 valence electrons. The number of anilines is 1. The molecule has 27 heavy (non-hydrogen) atoms. The van der Waals surface area contributed by atoms with E-state index in [9.17, 15) is 13.2 Å². The Bertz CT molecular complexity index is 831. The summed E-state index contributed by atoms with van der Waals surface area (Å²) in [6.07, 6.45) is -4.03. The van der Waals surface area contributed by atoms with Crippen molar-refractivity contribution < 1.29 is 18.0 Å². The molecule has 0 aliphatic carbocycles. The minimum absolute atomic E-state index is 0.0936. The summed E-state index contributed by atoms with van der Waals surface area (Å²) in [4.78, 5) is 7.00. The van der Waals surface area contributed by atoms with Crippen LogP contribution in [0, 0.1) is 0 Å². The minimum atomic E-state index is -4.57. The third-order valence-electron chi connectivity index (χ3n) is 4.09. The molecule has 2 heterocycles. The Kier molecular flexibility index (Phi) is 5.16. The summed E-state index contributed by atoms with van der Waals surface area (Å²) in [6.45, 7) is 3.79. The van der Waals surface area contributed by atoms with Crippen molar-refractivity contribution in [3.8, 4) is 0 Å². The van der Waals surface area contributed by atoms with Crippen LogP contribution in [0.2, 0.25) is 0 Å². The Morgan fingerprint density at radius 1 is 1.22 bits per heavy atom. The maximum Gasteiger partial charge on any atom is 0.435 e. The molecule has 3 rings (SSSR count). The summed E-state index contributed by atoms with van der Waals surface area (Å²) in [5, 5.41) is 10.2. The van der Waals surface area contributed by atoms with Crippen LogP contribution in [-0.4, -0.2) is 34.9 Å². The molecule has 0 radical (unpaired) electrons. The molecule has 0 saturated carbocycles. The number of aromatic nitrogens is 2. The maximum atomic E-state index is 13.7. The highest BCUT2D eigenvalue weighted by atomic mass is 32.2. The second-order valence-corrected chi connectivity index (χ2v) is 8.33. The lowest BCUT2D eigenvalue weighted by atomic mass is 10.0. The molecule has 0 fully saturated rings. The van der Waals surface area contributed by atoms with Crippen LogP contribution in [0.3, 0.4) is 0 Å². The first-order valence-electron chi connectivity index (χ1n) is 8.38. The first-order chi connectivity index (χ1) is 12.6. The topological polar surface area (TPSA) is 53.5 Å². The molecule has 1 aliphatic rings. The quantitative estimate of drug-likeness (QED) is 0.802. The number of alkyl halides is 3. The Balaban J connectivity index is 2.10. The molecule has 0 amide bonds. The number of halogens is 3. The van der Waals surface area contributed by atoms with Crippen LogP contribution >= 0.6 is 11.8 Å². The monoisotopic (exact) mass is 398 g/mol. The van der Waals surface area contributed by atoms with Crippen LogP contribution in [0.1, 0.15) is 42.3 Å². The number of hydrogen-bond acceptors (Lipinski definition) is 5. The number of benzene rings is 1. The Morgan fingerprint density at radius 2 is 1.89 bits per heavy atom. The molecular formula is C18H21F3N4OS. The highest BCUT2D eigenvalue weighted by molar-refractivity contribution is 8.14. The van der Waals surface area contributed by atoms with Gasteiger partial charge in [0, 0.05) is 26.1 Å². The fourth-order valence-corrected chi connectivity index (χ4v) is 4.29. The Morgan fingerprint density at radius 3 is 2.41 bits per heavy atom. The summed E-state index contributed by atoms with van der Waals surface area (Å²) in [6, 6.07) is 9.07. The molecule has 1 atom stereocenters. The molecule has 9 heteroatoms. The van der Waals surface area contributed by atoms with Crippen molar-refractivity contribution in [1.82, 2.24) is 10.2 Å². The van der Waals surface area contributed by atoms with E-state index in [4.69, 9.17) is 4.84 Å². The number of aromatic amines is 1. The Hall–Kier alpha value is -2.16. The Labute approximate surface area is 160 Å². The SMILES string of the molecule is CN(C)c1[nH]nc(C(F)(F)F)c1C(SC1=NOC(C)(C)C1)c1ccccc1. The van der Waals surface area contributed by atoms with Gasteiger partial charge in [-0.1, -0.05) is 47.2 Å². The lowest BCUT2D eigenvalue weighted by molar-refractivity contribution is -0.141. The van der Waals surface area contributed by atoms with Gasteiger partial charge in [-0.25, -0.2) is 0 Å². The molecule has 0 spiro atoms. The number of oxime groups is 1. The first-order valence-corrected chi connectivity index (χ1v) is 9.26. The van der Waals surface area contributed by atoms with Crippen molar-refractivity contribution in [1.29, 1.82) is 0 Å². The molecule has 1 aromatic heterocycles. The number of rotatable bonds is 4. The predicted molar refractivity (Wildman–Crippen MR) is 101 cm³/mol. The van der Waals surface area contributed by atoms with Gasteiger partial charge in [0.1, 0.15) is 16.5 Å². The molecular weight excluding hydrogens is 377 g/mol. The molecule has 1 N–H and O–H groups in total. The fraction of sp³-hybridized carbons (Fsp3) is 0.444. The van der Waals surface area contributed by atoms with Crippen LogP contribution in [-0.2, 0) is 11.0 Å². The second kappa shape index (κ2) is 7.10. The minimum Gasteiger partial charge on any atom is -0.389 e. The van der Waals surface area contributed by atoms with Crippen molar-refractivity contribution in [2.75, 3.05) is 19.0 Å². The zero-order chi connectivity index (χ0) is 19.8. The van der Waals surface area contributed by atoms with Crippen molar-refractivity contribution in [2.24, 2.45) is 5.16 Å². The van der Waals surface area contributed by atoms with E-state index in [0.717, 1.165) is 5.56 Å². The smallest absolute Gasteiger partial charge is 0.389 e. The van der Waals surface area contributed by atoms with Crippen LogP contribution in [0.25, 0.3) is 0 Å². The third-order valence-corrected chi connectivity index (χ3v) is 5.32. The highest BCUT2D eigenvalue weighted by Gasteiger charge is 2.42. The van der Waals surface area contributed by atoms with Gasteiger partial charge in [0.2, 0.25) is 0 Å². The van der Waals surface area contributed by atoms with Gasteiger partial charge in [0.15, 0.2) is 5.69 Å². The normalized spacial score (nSPS) is 17.4. The number of thioether (sulfide) groups is 1. The zero-order valence-corrected chi connectivity index (χ0v) is 16.3. The summed E-state index contributed by atoms with van der Waals surface area (Å²) >= 11 is 1.27. The van der Waals surface area contributed by atoms with Crippen molar-refractivity contribution in [3.05, 3.63) is 47.2 Å². The molecule has 0 bridgehead atoms. The van der Waals surface area contributed by atoms with E-state index in [-0.39, 0.29) is 5.56 Å². The molecule has 1 aliphatic heterocycles. The van der Waals surface area contributed by atoms with Gasteiger partial charge in [0.05, 0.1) is 5.25 Å². The van der Waals surface area contributed by atoms with E-state index >= 15 is 0 Å². The van der Waals surface area contributed by atoms with Gasteiger partial charge in [-0.05, 0) is 19.4 Å². The molecule has 1 unspecified atom stereocenters. The average molecular weight is 398 g/mol. The molecule has 2 aromatic rings. The maximum absolute atomic E-state index is 13.7. The van der Waals surface area contributed by atoms with Crippen LogP contribution < -0.4 is 4.90 Å². The van der Waals surface area contributed by atoms with Crippen LogP contribution in [0.4, 0.5) is 19.0 Å². The van der Waals surface area contributed by atoms with Crippen LogP contribution in [0.5, 0.6) is 0 Å². The molecule has 5 nitrogen and oxygen atoms in total. The van der Waals surface area contributed by atoms with Gasteiger partial charge < -0.3 is 9.74 Å². The van der Waals surface area contributed by atoms with E-state index in [1.165, 1.54) is 11.8 Å². The van der Waals surface area contributed by atoms with Gasteiger partial charge in [-0.3, -0.25) is 5.10 Å². The van der Waals surface area contributed by atoms with Gasteiger partial charge >= 0.3 is 6.18 Å². The number of nitrogens with one attached hydrogen (secondary N) is 1. The molecule has 1 aromatic carbocycles. The van der Waals surface area contributed by atoms with Crippen LogP contribution in [0.15, 0.2) is 35.5 Å². The summed E-state index contributed by atoms with van der Waals surface area (Å²) < 4.78 is 41.0. The second-order valence-electron chi connectivity index (χ2n) is 7.15. The number of nitrogens with zero attached hydrogens (tertiary/aromatic N) is 3. The van der Waals surface area contributed by atoms with Gasteiger partial charge in [0.25, 0.3) is 0 Å². The average Bonchev–Trinajstić information content (AvgIpc) is 3.16. The number of H-pyrrole nitrogens is 1. The van der Waals surface area contributed by atoms with Crippen molar-refractivity contribution >= 4 is 22.6 Å². The van der Waals surface area contributed by atoms with E-state index < -0.39 is 22.7 Å². The third kappa shape index (κ3) is 4.23. The zero-order valence-electron chi connectivity index (χ0n) is 15.5. The largest absolute Gasteiger partial charge is 0.435 e. The van der Waals surface area contributed by atoms with E-state index in [1.807, 2.05) is 44.2 Å². The van der Waals surface area contributed by atoms with Crippen molar-refractivity contribution in [3.63, 3.8) is 0 Å². The van der Waals surface area contributed by atoms with E-state index in [2.05, 4.69) is 15.4 Å². The predicted octanol–water partition coefficient (Wildman–Crippen LogP) is 4.83. The molecule has 0 saturated heterocycles. The fourth-order valence-electron chi connectivity index (χ4n) is 2.87. The standard InChI is InChI=1S/C18H21F3N4OS/c1-17(2)10-12(24-26-17)27-14(11-8-6-5-7-9-11)13-15(18(19,20)21)22-23-16(13)25(3)4/h5-9,14H,10H2,1-4H3,(H,22,23). The summed E-state index contributed by atoms with van der Waals surface area (Å²) in [5.41, 5.74) is -0.538. The summed E-state index contributed by atoms with van der Waals surface area (Å²) in [7, 11) is 3.37. The lowest BCUT2D eigenvalue weighted by Gasteiger charge is -2.22. The van der Waals surface area contributed by atoms with E-state index in [1.54, 1.807) is 19.0 Å². The van der Waals surface area contributed by atoms with E-state index in [0.29, 0.717) is 17.3 Å². The summed E-state index contributed by atoms with van der Waals surface area (Å²) in [5.74, 6) is 0.322.